The van der Waals surface area contributed by atoms with Crippen molar-refractivity contribution in [1.82, 2.24) is 5.32 Å². The predicted octanol–water partition coefficient (Wildman–Crippen LogP) is 4.12. The number of para-hydroxylation sites is 2. The fraction of sp³-hybridized carbons (Fsp3) is 0.381. The lowest BCUT2D eigenvalue weighted by molar-refractivity contribution is 0.419. The molecule has 4 heteroatoms. The lowest BCUT2D eigenvalue weighted by Gasteiger charge is -2.44. The van der Waals surface area contributed by atoms with Crippen molar-refractivity contribution < 1.29 is 0 Å². The summed E-state index contributed by atoms with van der Waals surface area (Å²) in [5, 5.41) is 10.8. The predicted molar refractivity (Wildman–Crippen MR) is 109 cm³/mol. The standard InChI is InChI=1S/C21H28N4/c1-3-8-17(4-2)9-7-14-23-20-21(12-15-22-16-13-21)25-19-11-6-5-10-18(19)24-20/h3-6,8,10-11,22,25H,1-2,7,9,12-16H2,(H,23,24)/b17-8+. The summed E-state index contributed by atoms with van der Waals surface area (Å²) in [6.45, 7) is 10.4. The zero-order chi connectivity index (χ0) is 17.5. The second kappa shape index (κ2) is 8.17. The van der Waals surface area contributed by atoms with Gasteiger partial charge in [0.15, 0.2) is 0 Å². The van der Waals surface area contributed by atoms with Crippen LogP contribution in [0.15, 0.2) is 66.2 Å². The number of anilines is 2. The first-order valence-corrected chi connectivity index (χ1v) is 9.11. The number of nitrogens with one attached hydrogen (secondary N) is 3. The van der Waals surface area contributed by atoms with Crippen LogP contribution in [0.25, 0.3) is 0 Å². The highest BCUT2D eigenvalue weighted by atomic mass is 15.2. The third-order valence-electron chi connectivity index (χ3n) is 4.95. The topological polar surface area (TPSA) is 48.5 Å². The van der Waals surface area contributed by atoms with E-state index in [9.17, 15) is 0 Å². The third kappa shape index (κ3) is 4.02. The number of amidine groups is 1. The molecule has 0 bridgehead atoms. The highest BCUT2D eigenvalue weighted by Gasteiger charge is 2.40. The van der Waals surface area contributed by atoms with E-state index < -0.39 is 0 Å². The van der Waals surface area contributed by atoms with Crippen LogP contribution in [0.3, 0.4) is 0 Å². The Bertz CT molecular complexity index is 681. The molecule has 1 spiro atoms. The quantitative estimate of drug-likeness (QED) is 0.541. The number of fused-ring (bicyclic) bond motifs is 1. The molecule has 0 saturated carbocycles. The summed E-state index contributed by atoms with van der Waals surface area (Å²) < 4.78 is 0. The molecule has 1 aromatic rings. The van der Waals surface area contributed by atoms with Crippen LogP contribution in [0.2, 0.25) is 0 Å². The molecule has 3 rings (SSSR count). The lowest BCUT2D eigenvalue weighted by atomic mass is 9.84. The van der Waals surface area contributed by atoms with Crippen LogP contribution < -0.4 is 16.0 Å². The van der Waals surface area contributed by atoms with E-state index in [0.29, 0.717) is 0 Å². The Labute approximate surface area is 150 Å². The van der Waals surface area contributed by atoms with Crippen LogP contribution in [-0.2, 0) is 0 Å². The summed E-state index contributed by atoms with van der Waals surface area (Å²) in [5.41, 5.74) is 3.43. The number of hydrogen-bond donors (Lipinski definition) is 3. The molecule has 0 radical (unpaired) electrons. The van der Waals surface area contributed by atoms with Crippen molar-refractivity contribution in [1.29, 1.82) is 0 Å². The summed E-state index contributed by atoms with van der Waals surface area (Å²) in [6, 6.07) is 8.38. The second-order valence-corrected chi connectivity index (χ2v) is 6.64. The van der Waals surface area contributed by atoms with Gasteiger partial charge in [0.2, 0.25) is 0 Å². The number of allylic oxidation sites excluding steroid dienone is 4. The summed E-state index contributed by atoms with van der Waals surface area (Å²) in [7, 11) is 0. The average molecular weight is 336 g/mol. The van der Waals surface area contributed by atoms with Crippen LogP contribution >= 0.6 is 0 Å². The maximum Gasteiger partial charge on any atom is 0.127 e. The Hall–Kier alpha value is -2.33. The number of hydrogen-bond acceptors (Lipinski definition) is 3. The van der Waals surface area contributed by atoms with Crippen molar-refractivity contribution in [2.75, 3.05) is 30.3 Å². The molecule has 0 unspecified atom stereocenters. The van der Waals surface area contributed by atoms with Gasteiger partial charge in [0.25, 0.3) is 0 Å². The molecule has 25 heavy (non-hydrogen) atoms. The summed E-state index contributed by atoms with van der Waals surface area (Å²) in [4.78, 5) is 4.95. The highest BCUT2D eigenvalue weighted by Crippen LogP contribution is 2.35. The van der Waals surface area contributed by atoms with Crippen LogP contribution in [0.4, 0.5) is 11.4 Å². The van der Waals surface area contributed by atoms with Crippen molar-refractivity contribution in [3.8, 4) is 0 Å². The minimum Gasteiger partial charge on any atom is -0.371 e. The number of nitrogens with zero attached hydrogens (tertiary/aromatic N) is 1. The summed E-state index contributed by atoms with van der Waals surface area (Å²) in [6.07, 6.45) is 9.81. The van der Waals surface area contributed by atoms with Gasteiger partial charge in [-0.25, -0.2) is 0 Å². The van der Waals surface area contributed by atoms with Gasteiger partial charge in [-0.3, -0.25) is 4.99 Å². The highest BCUT2D eigenvalue weighted by molar-refractivity contribution is 6.09. The van der Waals surface area contributed by atoms with Gasteiger partial charge in [-0.05, 0) is 56.5 Å². The molecule has 0 aliphatic carbocycles. The van der Waals surface area contributed by atoms with Gasteiger partial charge >= 0.3 is 0 Å². The molecule has 1 fully saturated rings. The van der Waals surface area contributed by atoms with E-state index in [0.717, 1.165) is 56.8 Å². The Kier molecular flexibility index (Phi) is 5.71. The van der Waals surface area contributed by atoms with E-state index in [-0.39, 0.29) is 5.54 Å². The zero-order valence-corrected chi connectivity index (χ0v) is 14.9. The molecule has 4 nitrogen and oxygen atoms in total. The van der Waals surface area contributed by atoms with Crippen molar-refractivity contribution in [3.05, 3.63) is 61.2 Å². The Balaban J connectivity index is 1.74. The number of piperidine rings is 1. The van der Waals surface area contributed by atoms with Gasteiger partial charge < -0.3 is 16.0 Å². The van der Waals surface area contributed by atoms with Gasteiger partial charge in [-0.15, -0.1) is 0 Å². The number of aliphatic imine (C=N–C) groups is 1. The Morgan fingerprint density at radius 2 is 1.92 bits per heavy atom. The molecule has 0 amide bonds. The van der Waals surface area contributed by atoms with Gasteiger partial charge in [0.05, 0.1) is 16.9 Å². The zero-order valence-electron chi connectivity index (χ0n) is 14.9. The maximum atomic E-state index is 4.95. The van der Waals surface area contributed by atoms with Crippen molar-refractivity contribution in [3.63, 3.8) is 0 Å². The number of rotatable bonds is 6. The lowest BCUT2D eigenvalue weighted by Crippen LogP contribution is -2.57. The van der Waals surface area contributed by atoms with E-state index in [2.05, 4.69) is 53.4 Å². The first-order chi connectivity index (χ1) is 12.3. The van der Waals surface area contributed by atoms with Crippen molar-refractivity contribution >= 4 is 17.2 Å². The minimum absolute atomic E-state index is 0.0716. The monoisotopic (exact) mass is 336 g/mol. The molecule has 3 N–H and O–H groups in total. The van der Waals surface area contributed by atoms with Crippen molar-refractivity contribution in [2.45, 2.75) is 31.2 Å². The van der Waals surface area contributed by atoms with E-state index in [1.54, 1.807) is 0 Å². The third-order valence-corrected chi connectivity index (χ3v) is 4.95. The van der Waals surface area contributed by atoms with Gasteiger partial charge in [-0.2, -0.15) is 0 Å². The molecule has 2 heterocycles. The van der Waals surface area contributed by atoms with Crippen LogP contribution in [0.1, 0.15) is 25.7 Å². The fourth-order valence-electron chi connectivity index (χ4n) is 3.55. The fourth-order valence-corrected chi connectivity index (χ4v) is 3.55. The molecule has 0 atom stereocenters. The average Bonchev–Trinajstić information content (AvgIpc) is 2.65. The molecule has 132 valence electrons. The van der Waals surface area contributed by atoms with Crippen LogP contribution in [0, 0.1) is 0 Å². The molecule has 2 aliphatic rings. The number of benzene rings is 1. The normalized spacial score (nSPS) is 20.5. The molecular weight excluding hydrogens is 308 g/mol. The van der Waals surface area contributed by atoms with E-state index in [1.165, 1.54) is 11.3 Å². The van der Waals surface area contributed by atoms with Gasteiger partial charge in [0, 0.05) is 6.54 Å². The first-order valence-electron chi connectivity index (χ1n) is 9.11. The van der Waals surface area contributed by atoms with E-state index in [4.69, 9.17) is 4.99 Å². The van der Waals surface area contributed by atoms with Gasteiger partial charge in [-0.1, -0.05) is 43.5 Å². The second-order valence-electron chi connectivity index (χ2n) is 6.64. The summed E-state index contributed by atoms with van der Waals surface area (Å²) >= 11 is 0. The molecule has 2 aliphatic heterocycles. The minimum atomic E-state index is -0.0716. The molecular formula is C21H28N4. The van der Waals surface area contributed by atoms with Crippen LogP contribution in [0.5, 0.6) is 0 Å². The van der Waals surface area contributed by atoms with Gasteiger partial charge in [0.1, 0.15) is 5.84 Å². The SMILES string of the molecule is C=C/C=C(\C=C)CCCN=C1Nc2ccccc2NC12CCNCC2. The molecule has 1 saturated heterocycles. The maximum absolute atomic E-state index is 4.95. The van der Waals surface area contributed by atoms with E-state index in [1.807, 2.05) is 18.2 Å². The summed E-state index contributed by atoms with van der Waals surface area (Å²) in [5.74, 6) is 1.08. The molecule has 0 aromatic heterocycles. The first kappa shape index (κ1) is 17.5. The Morgan fingerprint density at radius 1 is 1.16 bits per heavy atom. The smallest absolute Gasteiger partial charge is 0.127 e. The van der Waals surface area contributed by atoms with E-state index >= 15 is 0 Å². The Morgan fingerprint density at radius 3 is 2.64 bits per heavy atom. The van der Waals surface area contributed by atoms with Crippen molar-refractivity contribution in [2.24, 2.45) is 4.99 Å². The molecule has 1 aromatic carbocycles. The van der Waals surface area contributed by atoms with Crippen LogP contribution in [-0.4, -0.2) is 31.0 Å². The largest absolute Gasteiger partial charge is 0.371 e.